The highest BCUT2D eigenvalue weighted by Gasteiger charge is 2.28. The van der Waals surface area contributed by atoms with Gasteiger partial charge < -0.3 is 9.84 Å². The van der Waals surface area contributed by atoms with Crippen molar-refractivity contribution in [1.29, 1.82) is 0 Å². The highest BCUT2D eigenvalue weighted by Crippen LogP contribution is 2.26. The van der Waals surface area contributed by atoms with Crippen LogP contribution in [0.2, 0.25) is 0 Å². The van der Waals surface area contributed by atoms with Crippen molar-refractivity contribution in [3.05, 3.63) is 41.8 Å². The molecule has 0 radical (unpaired) electrons. The largest absolute Gasteiger partial charge is 0.361 e. The van der Waals surface area contributed by atoms with Crippen molar-refractivity contribution in [2.75, 3.05) is 21.9 Å². The summed E-state index contributed by atoms with van der Waals surface area (Å²) in [7, 11) is -3.23. The standard InChI is InChI=1S/C15H17N3O4S/c1-11-8-13(17-22-11)10-15(19)16-12-4-2-5-14(9-12)18-6-3-7-23(18,20)21/h2,4-5,8-9H,3,6-7,10H2,1H3,(H,16,19). The molecule has 0 atom stereocenters. The fraction of sp³-hybridized carbons (Fsp3) is 0.333. The molecule has 3 rings (SSSR count). The number of aromatic nitrogens is 1. The van der Waals surface area contributed by atoms with E-state index >= 15 is 0 Å². The summed E-state index contributed by atoms with van der Waals surface area (Å²) in [5.74, 6) is 0.573. The van der Waals surface area contributed by atoms with Gasteiger partial charge in [0, 0.05) is 18.3 Å². The first-order chi connectivity index (χ1) is 10.9. The van der Waals surface area contributed by atoms with Gasteiger partial charge in [0.05, 0.1) is 23.6 Å². The van der Waals surface area contributed by atoms with Crippen LogP contribution in [0.25, 0.3) is 0 Å². The topological polar surface area (TPSA) is 92.5 Å². The molecule has 1 aromatic carbocycles. The van der Waals surface area contributed by atoms with Crippen molar-refractivity contribution in [3.8, 4) is 0 Å². The van der Waals surface area contributed by atoms with Crippen molar-refractivity contribution in [2.24, 2.45) is 0 Å². The van der Waals surface area contributed by atoms with E-state index in [1.807, 2.05) is 0 Å². The van der Waals surface area contributed by atoms with Gasteiger partial charge in [-0.05, 0) is 31.5 Å². The van der Waals surface area contributed by atoms with Crippen molar-refractivity contribution < 1.29 is 17.7 Å². The Hall–Kier alpha value is -2.35. The summed E-state index contributed by atoms with van der Waals surface area (Å²) in [5.41, 5.74) is 1.67. The maximum Gasteiger partial charge on any atom is 0.235 e. The van der Waals surface area contributed by atoms with Crippen molar-refractivity contribution in [3.63, 3.8) is 0 Å². The summed E-state index contributed by atoms with van der Waals surface area (Å²) in [6.45, 7) is 2.23. The first kappa shape index (κ1) is 15.5. The Morgan fingerprint density at radius 3 is 2.87 bits per heavy atom. The highest BCUT2D eigenvalue weighted by molar-refractivity contribution is 7.93. The molecule has 1 aliphatic rings. The highest BCUT2D eigenvalue weighted by atomic mass is 32.2. The van der Waals surface area contributed by atoms with Gasteiger partial charge in [-0.1, -0.05) is 11.2 Å². The normalized spacial score (nSPS) is 16.5. The molecule has 2 aromatic rings. The lowest BCUT2D eigenvalue weighted by Crippen LogP contribution is -2.25. The summed E-state index contributed by atoms with van der Waals surface area (Å²) in [6, 6.07) is 8.53. The van der Waals surface area contributed by atoms with E-state index in [1.54, 1.807) is 37.3 Å². The van der Waals surface area contributed by atoms with Crippen molar-refractivity contribution in [2.45, 2.75) is 19.8 Å². The van der Waals surface area contributed by atoms with E-state index < -0.39 is 10.0 Å². The smallest absolute Gasteiger partial charge is 0.235 e. The van der Waals surface area contributed by atoms with Gasteiger partial charge in [-0.15, -0.1) is 0 Å². The van der Waals surface area contributed by atoms with E-state index in [9.17, 15) is 13.2 Å². The van der Waals surface area contributed by atoms with Gasteiger partial charge in [0.25, 0.3) is 0 Å². The van der Waals surface area contributed by atoms with Crippen LogP contribution in [0, 0.1) is 6.92 Å². The van der Waals surface area contributed by atoms with Crippen molar-refractivity contribution >= 4 is 27.3 Å². The molecule has 7 nitrogen and oxygen atoms in total. The van der Waals surface area contributed by atoms with Gasteiger partial charge in [-0.25, -0.2) is 8.42 Å². The van der Waals surface area contributed by atoms with E-state index in [4.69, 9.17) is 4.52 Å². The molecule has 1 aliphatic heterocycles. The van der Waals surface area contributed by atoms with E-state index in [2.05, 4.69) is 10.5 Å². The molecule has 0 saturated carbocycles. The Kier molecular flexibility index (Phi) is 4.08. The number of amides is 1. The van der Waals surface area contributed by atoms with Crippen molar-refractivity contribution in [1.82, 2.24) is 5.16 Å². The Morgan fingerprint density at radius 1 is 1.39 bits per heavy atom. The van der Waals surface area contributed by atoms with Crippen LogP contribution in [0.3, 0.4) is 0 Å². The second-order valence-electron chi connectivity index (χ2n) is 5.45. The van der Waals surface area contributed by atoms with E-state index in [1.165, 1.54) is 4.31 Å². The Balaban J connectivity index is 1.71. The number of anilines is 2. The SMILES string of the molecule is Cc1cc(CC(=O)Nc2cccc(N3CCCS3(=O)=O)c2)no1. The summed E-state index contributed by atoms with van der Waals surface area (Å²) in [5, 5.41) is 6.52. The molecule has 0 aliphatic carbocycles. The lowest BCUT2D eigenvalue weighted by atomic mass is 10.2. The Bertz CT molecular complexity index is 829. The van der Waals surface area contributed by atoms with Crippen LogP contribution in [0.4, 0.5) is 11.4 Å². The van der Waals surface area contributed by atoms with E-state index in [0.29, 0.717) is 35.8 Å². The van der Waals surface area contributed by atoms with Gasteiger partial charge >= 0.3 is 0 Å². The molecule has 1 aromatic heterocycles. The van der Waals surface area contributed by atoms with Crippen LogP contribution in [-0.4, -0.2) is 31.8 Å². The van der Waals surface area contributed by atoms with E-state index in [0.717, 1.165) is 0 Å². The Labute approximate surface area is 134 Å². The summed E-state index contributed by atoms with van der Waals surface area (Å²) >= 11 is 0. The van der Waals surface area contributed by atoms with Crippen LogP contribution in [-0.2, 0) is 21.2 Å². The molecule has 122 valence electrons. The molecule has 1 saturated heterocycles. The molecule has 0 spiro atoms. The number of carbonyl (C=O) groups is 1. The van der Waals surface area contributed by atoms with Gasteiger partial charge in [0.1, 0.15) is 5.76 Å². The summed E-state index contributed by atoms with van der Waals surface area (Å²) < 4.78 is 30.2. The van der Waals surface area contributed by atoms with Crippen LogP contribution >= 0.6 is 0 Å². The molecule has 23 heavy (non-hydrogen) atoms. The monoisotopic (exact) mass is 335 g/mol. The minimum absolute atomic E-state index is 0.101. The van der Waals surface area contributed by atoms with Gasteiger partial charge in [0.2, 0.25) is 15.9 Å². The second-order valence-corrected chi connectivity index (χ2v) is 7.46. The maximum atomic E-state index is 12.0. The first-order valence-electron chi connectivity index (χ1n) is 7.26. The lowest BCUT2D eigenvalue weighted by Gasteiger charge is -2.17. The zero-order valence-electron chi connectivity index (χ0n) is 12.7. The number of hydrogen-bond donors (Lipinski definition) is 1. The van der Waals surface area contributed by atoms with Crippen LogP contribution in [0.1, 0.15) is 17.9 Å². The molecule has 1 amide bonds. The molecule has 2 heterocycles. The molecule has 1 fully saturated rings. The Morgan fingerprint density at radius 2 is 2.22 bits per heavy atom. The third-order valence-corrected chi connectivity index (χ3v) is 5.41. The van der Waals surface area contributed by atoms with Gasteiger partial charge in [0.15, 0.2) is 0 Å². The fourth-order valence-electron chi connectivity index (χ4n) is 2.54. The maximum absolute atomic E-state index is 12.0. The van der Waals surface area contributed by atoms with E-state index in [-0.39, 0.29) is 18.1 Å². The lowest BCUT2D eigenvalue weighted by molar-refractivity contribution is -0.115. The number of carbonyl (C=O) groups excluding carboxylic acids is 1. The van der Waals surface area contributed by atoms with Gasteiger partial charge in [-0.3, -0.25) is 9.10 Å². The zero-order chi connectivity index (χ0) is 16.4. The predicted octanol–water partition coefficient (Wildman–Crippen LogP) is 1.70. The third-order valence-electron chi connectivity index (χ3n) is 3.54. The first-order valence-corrected chi connectivity index (χ1v) is 8.87. The number of rotatable bonds is 4. The average Bonchev–Trinajstić information content (AvgIpc) is 3.04. The van der Waals surface area contributed by atoms with Crippen LogP contribution in [0.5, 0.6) is 0 Å². The number of aryl methyl sites for hydroxylation is 1. The minimum Gasteiger partial charge on any atom is -0.361 e. The molecule has 8 heteroatoms. The molecule has 1 N–H and O–H groups in total. The number of hydrogen-bond acceptors (Lipinski definition) is 5. The summed E-state index contributed by atoms with van der Waals surface area (Å²) in [4.78, 5) is 12.0. The number of nitrogens with zero attached hydrogens (tertiary/aromatic N) is 2. The minimum atomic E-state index is -3.23. The average molecular weight is 335 g/mol. The van der Waals surface area contributed by atoms with Gasteiger partial charge in [-0.2, -0.15) is 0 Å². The third kappa shape index (κ3) is 3.53. The molecular weight excluding hydrogens is 318 g/mol. The zero-order valence-corrected chi connectivity index (χ0v) is 13.5. The quantitative estimate of drug-likeness (QED) is 0.918. The number of nitrogens with one attached hydrogen (secondary N) is 1. The molecule has 0 bridgehead atoms. The fourth-order valence-corrected chi connectivity index (χ4v) is 4.10. The van der Waals surface area contributed by atoms with Crippen LogP contribution in [0.15, 0.2) is 34.9 Å². The number of benzene rings is 1. The predicted molar refractivity (Wildman–Crippen MR) is 85.8 cm³/mol. The molecule has 0 unspecified atom stereocenters. The van der Waals surface area contributed by atoms with Crippen LogP contribution < -0.4 is 9.62 Å². The second kappa shape index (κ2) is 6.04. The number of sulfonamides is 1. The summed E-state index contributed by atoms with van der Waals surface area (Å²) in [6.07, 6.45) is 0.716. The molecular formula is C15H17N3O4S.